The summed E-state index contributed by atoms with van der Waals surface area (Å²) in [5.74, 6) is 1.09. The number of nitrogens with zero attached hydrogens (tertiary/aromatic N) is 2. The van der Waals surface area contributed by atoms with Crippen molar-refractivity contribution < 1.29 is 14.3 Å². The first-order chi connectivity index (χ1) is 16.1. The number of para-hydroxylation sites is 1. The van der Waals surface area contributed by atoms with Crippen molar-refractivity contribution in [2.24, 2.45) is 5.92 Å². The Morgan fingerprint density at radius 3 is 2.24 bits per heavy atom. The number of carbonyl (C=O) groups excluding carboxylic acids is 2. The van der Waals surface area contributed by atoms with Gasteiger partial charge in [0.05, 0.1) is 24.8 Å². The third-order valence-corrected chi connectivity index (χ3v) is 7.11. The summed E-state index contributed by atoms with van der Waals surface area (Å²) in [6.45, 7) is 4.68. The van der Waals surface area contributed by atoms with Crippen molar-refractivity contribution in [2.75, 3.05) is 33.3 Å². The van der Waals surface area contributed by atoms with E-state index in [1.54, 1.807) is 7.11 Å². The molecule has 0 aromatic heterocycles. The van der Waals surface area contributed by atoms with Crippen molar-refractivity contribution in [1.82, 2.24) is 15.1 Å². The Kier molecular flexibility index (Phi) is 7.65. The van der Waals surface area contributed by atoms with Crippen molar-refractivity contribution >= 4 is 11.8 Å². The highest BCUT2D eigenvalue weighted by atomic mass is 16.5. The van der Waals surface area contributed by atoms with Gasteiger partial charge in [-0.2, -0.15) is 0 Å². The van der Waals surface area contributed by atoms with Gasteiger partial charge in [0.2, 0.25) is 5.91 Å². The number of hydrogen-bond donors (Lipinski definition) is 1. The van der Waals surface area contributed by atoms with Gasteiger partial charge in [-0.1, -0.05) is 55.3 Å². The van der Waals surface area contributed by atoms with Gasteiger partial charge in [-0.05, 0) is 43.4 Å². The average Bonchev–Trinajstić information content (AvgIpc) is 3.39. The van der Waals surface area contributed by atoms with Crippen LogP contribution in [0, 0.1) is 5.92 Å². The van der Waals surface area contributed by atoms with Crippen LogP contribution in [0.15, 0.2) is 54.6 Å². The van der Waals surface area contributed by atoms with E-state index in [9.17, 15) is 9.59 Å². The summed E-state index contributed by atoms with van der Waals surface area (Å²) in [5.41, 5.74) is 1.71. The number of amides is 2. The molecule has 1 saturated carbocycles. The molecule has 33 heavy (non-hydrogen) atoms. The molecule has 176 valence electrons. The van der Waals surface area contributed by atoms with Crippen LogP contribution in [-0.2, 0) is 4.79 Å². The van der Waals surface area contributed by atoms with E-state index in [-0.39, 0.29) is 23.9 Å². The smallest absolute Gasteiger partial charge is 0.257 e. The summed E-state index contributed by atoms with van der Waals surface area (Å²) in [5, 5.41) is 3.27. The van der Waals surface area contributed by atoms with E-state index in [1.807, 2.05) is 54.3 Å². The second-order valence-electron chi connectivity index (χ2n) is 9.16. The normalized spacial score (nSPS) is 19.2. The minimum absolute atomic E-state index is 0.00772. The maximum Gasteiger partial charge on any atom is 0.257 e. The Bertz CT molecular complexity index is 935. The summed E-state index contributed by atoms with van der Waals surface area (Å²) in [7, 11) is 1.59. The number of carbonyl (C=O) groups is 2. The fourth-order valence-corrected chi connectivity index (χ4v) is 5.27. The van der Waals surface area contributed by atoms with E-state index >= 15 is 0 Å². The van der Waals surface area contributed by atoms with Crippen LogP contribution < -0.4 is 10.1 Å². The van der Waals surface area contributed by atoms with Crippen molar-refractivity contribution in [1.29, 1.82) is 0 Å². The predicted molar refractivity (Wildman–Crippen MR) is 129 cm³/mol. The topological polar surface area (TPSA) is 61.9 Å². The second-order valence-corrected chi connectivity index (χ2v) is 9.16. The molecule has 2 fully saturated rings. The first-order valence-corrected chi connectivity index (χ1v) is 12.1. The Morgan fingerprint density at radius 1 is 0.939 bits per heavy atom. The van der Waals surface area contributed by atoms with Crippen LogP contribution in [0.5, 0.6) is 5.75 Å². The zero-order valence-corrected chi connectivity index (χ0v) is 19.7. The van der Waals surface area contributed by atoms with E-state index in [0.717, 1.165) is 18.4 Å². The van der Waals surface area contributed by atoms with Gasteiger partial charge in [-0.25, -0.2) is 0 Å². The van der Waals surface area contributed by atoms with E-state index in [2.05, 4.69) is 22.3 Å². The van der Waals surface area contributed by atoms with Crippen LogP contribution in [0.1, 0.15) is 54.6 Å². The lowest BCUT2D eigenvalue weighted by molar-refractivity contribution is -0.129. The lowest BCUT2D eigenvalue weighted by Crippen LogP contribution is -2.58. The molecule has 1 aliphatic carbocycles. The highest BCUT2D eigenvalue weighted by Crippen LogP contribution is 2.32. The molecular weight excluding hydrogens is 414 g/mol. The molecule has 6 heteroatoms. The number of nitrogens with one attached hydrogen (secondary N) is 1. The third-order valence-electron chi connectivity index (χ3n) is 7.11. The third kappa shape index (κ3) is 5.38. The Hall–Kier alpha value is -2.86. The summed E-state index contributed by atoms with van der Waals surface area (Å²) in [4.78, 5) is 30.8. The van der Waals surface area contributed by atoms with Gasteiger partial charge >= 0.3 is 0 Å². The van der Waals surface area contributed by atoms with Crippen LogP contribution in [-0.4, -0.2) is 60.9 Å². The first-order valence-electron chi connectivity index (χ1n) is 12.1. The molecule has 0 radical (unpaired) electrons. The average molecular weight is 450 g/mol. The monoisotopic (exact) mass is 449 g/mol. The zero-order chi connectivity index (χ0) is 23.2. The van der Waals surface area contributed by atoms with Crippen LogP contribution in [0.25, 0.3) is 0 Å². The molecular formula is C27H35N3O3. The van der Waals surface area contributed by atoms with E-state index < -0.39 is 0 Å². The number of methoxy groups -OCH3 is 1. The molecule has 1 N–H and O–H groups in total. The molecule has 2 aliphatic rings. The van der Waals surface area contributed by atoms with Crippen molar-refractivity contribution in [3.8, 4) is 5.75 Å². The van der Waals surface area contributed by atoms with Gasteiger partial charge in [0.1, 0.15) is 5.75 Å². The molecule has 4 rings (SSSR count). The number of ether oxygens (including phenoxy) is 1. The summed E-state index contributed by atoms with van der Waals surface area (Å²) in [6.07, 6.45) is 4.57. The molecule has 1 heterocycles. The summed E-state index contributed by atoms with van der Waals surface area (Å²) < 4.78 is 5.38. The van der Waals surface area contributed by atoms with Gasteiger partial charge in [0.15, 0.2) is 0 Å². The van der Waals surface area contributed by atoms with Gasteiger partial charge in [-0.3, -0.25) is 14.5 Å². The molecule has 2 amide bonds. The molecule has 2 aromatic rings. The van der Waals surface area contributed by atoms with Crippen LogP contribution in [0.3, 0.4) is 0 Å². The highest BCUT2D eigenvalue weighted by Gasteiger charge is 2.38. The van der Waals surface area contributed by atoms with Gasteiger partial charge < -0.3 is 15.0 Å². The minimum atomic E-state index is -0.137. The molecule has 1 aliphatic heterocycles. The fourth-order valence-electron chi connectivity index (χ4n) is 5.27. The summed E-state index contributed by atoms with van der Waals surface area (Å²) >= 11 is 0. The van der Waals surface area contributed by atoms with Crippen LogP contribution in [0.2, 0.25) is 0 Å². The molecule has 1 saturated heterocycles. The molecule has 0 bridgehead atoms. The van der Waals surface area contributed by atoms with E-state index in [1.165, 1.54) is 12.8 Å². The molecule has 2 aromatic carbocycles. The second kappa shape index (κ2) is 10.8. The van der Waals surface area contributed by atoms with Gasteiger partial charge in [0.25, 0.3) is 5.91 Å². The molecule has 0 spiro atoms. The SMILES string of the molecule is COc1ccccc1C(=O)N1CCN(C(C(=O)NC(C)c2ccccc2)C2CCCC2)CC1. The minimum Gasteiger partial charge on any atom is -0.496 e. The van der Waals surface area contributed by atoms with Crippen molar-refractivity contribution in [2.45, 2.75) is 44.7 Å². The molecule has 2 atom stereocenters. The molecule has 6 nitrogen and oxygen atoms in total. The largest absolute Gasteiger partial charge is 0.496 e. The van der Waals surface area contributed by atoms with E-state index in [4.69, 9.17) is 4.74 Å². The highest BCUT2D eigenvalue weighted by molar-refractivity contribution is 5.97. The van der Waals surface area contributed by atoms with Crippen LogP contribution >= 0.6 is 0 Å². The number of rotatable bonds is 7. The maximum absolute atomic E-state index is 13.5. The lowest BCUT2D eigenvalue weighted by atomic mass is 9.94. The number of piperazine rings is 1. The standard InChI is InChI=1S/C27H35N3O3/c1-20(21-10-4-3-5-11-21)28-26(31)25(22-12-6-7-13-22)29-16-18-30(19-17-29)27(32)23-14-8-9-15-24(23)33-2/h3-5,8-11,14-15,20,22,25H,6-7,12-13,16-19H2,1-2H3,(H,28,31). The fraction of sp³-hybridized carbons (Fsp3) is 0.481. The lowest BCUT2D eigenvalue weighted by Gasteiger charge is -2.41. The Balaban J connectivity index is 1.42. The zero-order valence-electron chi connectivity index (χ0n) is 19.7. The predicted octanol–water partition coefficient (Wildman–Crippen LogP) is 3.89. The number of benzene rings is 2. The van der Waals surface area contributed by atoms with E-state index in [0.29, 0.717) is 43.4 Å². The maximum atomic E-state index is 13.5. The number of hydrogen-bond acceptors (Lipinski definition) is 4. The first kappa shape index (κ1) is 23.3. The Morgan fingerprint density at radius 2 is 1.58 bits per heavy atom. The summed E-state index contributed by atoms with van der Waals surface area (Å²) in [6, 6.07) is 17.3. The molecule has 2 unspecified atom stereocenters. The van der Waals surface area contributed by atoms with Crippen molar-refractivity contribution in [3.05, 3.63) is 65.7 Å². The van der Waals surface area contributed by atoms with Gasteiger partial charge in [-0.15, -0.1) is 0 Å². The van der Waals surface area contributed by atoms with Crippen molar-refractivity contribution in [3.63, 3.8) is 0 Å². The van der Waals surface area contributed by atoms with Crippen LogP contribution in [0.4, 0.5) is 0 Å². The van der Waals surface area contributed by atoms with Gasteiger partial charge in [0, 0.05) is 26.2 Å². The quantitative estimate of drug-likeness (QED) is 0.697. The Labute approximate surface area is 196 Å².